The Balaban J connectivity index is 1.44. The summed E-state index contributed by atoms with van der Waals surface area (Å²) in [6.07, 6.45) is 0.0724. The fourth-order valence-corrected chi connectivity index (χ4v) is 5.56. The molecular weight excluding hydrogens is 491 g/mol. The first-order valence-corrected chi connectivity index (χ1v) is 12.9. The molecule has 2 aliphatic rings. The number of alkyl halides is 3. The van der Waals surface area contributed by atoms with Crippen LogP contribution in [-0.4, -0.2) is 40.0 Å². The summed E-state index contributed by atoms with van der Waals surface area (Å²) in [5.74, 6) is 1.99. The molecule has 0 amide bonds. The number of hydrogen-bond acceptors (Lipinski definition) is 8. The molecule has 0 unspecified atom stereocenters. The summed E-state index contributed by atoms with van der Waals surface area (Å²) in [7, 11) is 0. The van der Waals surface area contributed by atoms with Crippen LogP contribution in [0.25, 0.3) is 10.9 Å². The molecule has 0 radical (unpaired) electrons. The van der Waals surface area contributed by atoms with E-state index in [0.717, 1.165) is 46.7 Å². The number of fused-ring (bicyclic) bond motifs is 1. The zero-order chi connectivity index (χ0) is 25.3. The van der Waals surface area contributed by atoms with Crippen molar-refractivity contribution >= 4 is 34.3 Å². The molecule has 192 valence electrons. The fraction of sp³-hybridized carbons (Fsp3) is 0.480. The maximum atomic E-state index is 13.2. The van der Waals surface area contributed by atoms with E-state index >= 15 is 0 Å². The first kappa shape index (κ1) is 24.9. The summed E-state index contributed by atoms with van der Waals surface area (Å²) < 4.78 is 51.4. The summed E-state index contributed by atoms with van der Waals surface area (Å²) >= 11 is 1.81. The van der Waals surface area contributed by atoms with Crippen molar-refractivity contribution in [1.29, 1.82) is 0 Å². The van der Waals surface area contributed by atoms with Crippen molar-refractivity contribution in [3.05, 3.63) is 41.3 Å². The van der Waals surface area contributed by atoms with Gasteiger partial charge in [-0.2, -0.15) is 13.2 Å². The number of nitrogens with one attached hydrogen (secondary N) is 1. The topological polar surface area (TPSA) is 95.2 Å². The third kappa shape index (κ3) is 5.78. The number of pyridine rings is 1. The number of nitrogens with zero attached hydrogens (tertiary/aromatic N) is 3. The van der Waals surface area contributed by atoms with Crippen LogP contribution in [-0.2, 0) is 17.5 Å². The van der Waals surface area contributed by atoms with Gasteiger partial charge in [0.1, 0.15) is 23.2 Å². The number of nitrogens with two attached hydrogens (primary N) is 1. The third-order valence-corrected chi connectivity index (χ3v) is 7.76. The standard InChI is InChI=1S/C25H28F3N5O2S/c1-14-31-20-10-22(36-18-3-2-4-18)21(35-13-15-5-6-34-12-15)9-19(20)24(32-14)30-11-17-7-16(25(26,27)28)8-23(29)33-17/h7-10,15,18H,2-6,11-13H2,1H3,(H2,29,33)(H,30,31,32)/t15-/m0/s1. The highest BCUT2D eigenvalue weighted by molar-refractivity contribution is 8.00. The summed E-state index contributed by atoms with van der Waals surface area (Å²) in [4.78, 5) is 14.2. The van der Waals surface area contributed by atoms with Gasteiger partial charge in [0.05, 0.1) is 41.4 Å². The van der Waals surface area contributed by atoms with E-state index in [0.29, 0.717) is 36.0 Å². The van der Waals surface area contributed by atoms with Gasteiger partial charge in [-0.05, 0) is 50.5 Å². The van der Waals surface area contributed by atoms with Crippen molar-refractivity contribution in [2.75, 3.05) is 30.9 Å². The highest BCUT2D eigenvalue weighted by Gasteiger charge is 2.31. The highest BCUT2D eigenvalue weighted by atomic mass is 32.2. The first-order chi connectivity index (χ1) is 17.2. The van der Waals surface area contributed by atoms with Crippen molar-refractivity contribution in [3.8, 4) is 5.75 Å². The van der Waals surface area contributed by atoms with E-state index in [9.17, 15) is 13.2 Å². The minimum Gasteiger partial charge on any atom is -0.492 e. The van der Waals surface area contributed by atoms with Crippen molar-refractivity contribution < 1.29 is 22.6 Å². The number of halogens is 3. The van der Waals surface area contributed by atoms with E-state index in [1.807, 2.05) is 23.9 Å². The van der Waals surface area contributed by atoms with E-state index in [-0.39, 0.29) is 18.1 Å². The molecule has 3 N–H and O–H groups in total. The molecule has 2 fully saturated rings. The van der Waals surface area contributed by atoms with E-state index in [2.05, 4.69) is 20.3 Å². The Hall–Kier alpha value is -2.79. The Morgan fingerprint density at radius 3 is 2.67 bits per heavy atom. The zero-order valence-electron chi connectivity index (χ0n) is 19.9. The van der Waals surface area contributed by atoms with Crippen LogP contribution in [0.4, 0.5) is 24.8 Å². The molecule has 1 aliphatic heterocycles. The molecule has 1 saturated heterocycles. The highest BCUT2D eigenvalue weighted by Crippen LogP contribution is 2.43. The van der Waals surface area contributed by atoms with Crippen LogP contribution in [0.2, 0.25) is 0 Å². The Morgan fingerprint density at radius 1 is 1.14 bits per heavy atom. The lowest BCUT2D eigenvalue weighted by atomic mass is 10.00. The molecule has 3 heterocycles. The smallest absolute Gasteiger partial charge is 0.416 e. The van der Waals surface area contributed by atoms with Gasteiger partial charge in [-0.1, -0.05) is 6.42 Å². The van der Waals surface area contributed by atoms with Crippen molar-refractivity contribution in [2.45, 2.75) is 55.5 Å². The van der Waals surface area contributed by atoms with Crippen LogP contribution in [0.15, 0.2) is 29.2 Å². The Kier molecular flexibility index (Phi) is 7.11. The van der Waals surface area contributed by atoms with Crippen molar-refractivity contribution in [2.24, 2.45) is 5.92 Å². The second-order valence-electron chi connectivity index (χ2n) is 9.27. The van der Waals surface area contributed by atoms with Gasteiger partial charge in [-0.15, -0.1) is 11.8 Å². The molecule has 1 saturated carbocycles. The molecule has 1 aromatic carbocycles. The number of benzene rings is 1. The van der Waals surface area contributed by atoms with Gasteiger partial charge < -0.3 is 20.5 Å². The quantitative estimate of drug-likeness (QED) is 0.397. The number of rotatable bonds is 8. The number of nitrogen functional groups attached to an aromatic ring is 1. The normalized spacial score (nSPS) is 18.4. The summed E-state index contributed by atoms with van der Waals surface area (Å²) in [5, 5.41) is 4.44. The summed E-state index contributed by atoms with van der Waals surface area (Å²) in [6, 6.07) is 5.78. The van der Waals surface area contributed by atoms with E-state index in [1.165, 1.54) is 19.3 Å². The molecule has 2 aromatic heterocycles. The monoisotopic (exact) mass is 519 g/mol. The number of ether oxygens (including phenoxy) is 2. The number of aromatic nitrogens is 3. The number of hydrogen-bond donors (Lipinski definition) is 2. The van der Waals surface area contributed by atoms with E-state index in [4.69, 9.17) is 15.2 Å². The Labute approximate surface area is 211 Å². The molecular formula is C25H28F3N5O2S. The minimum atomic E-state index is -4.50. The minimum absolute atomic E-state index is 0.0217. The molecule has 0 spiro atoms. The van der Waals surface area contributed by atoms with Gasteiger partial charge in [-0.3, -0.25) is 0 Å². The maximum absolute atomic E-state index is 13.2. The van der Waals surface area contributed by atoms with Crippen molar-refractivity contribution in [3.63, 3.8) is 0 Å². The van der Waals surface area contributed by atoms with Crippen LogP contribution >= 0.6 is 11.8 Å². The lowest BCUT2D eigenvalue weighted by molar-refractivity contribution is -0.137. The van der Waals surface area contributed by atoms with Gasteiger partial charge >= 0.3 is 6.18 Å². The lowest BCUT2D eigenvalue weighted by Crippen LogP contribution is -2.15. The van der Waals surface area contributed by atoms with Crippen LogP contribution < -0.4 is 15.8 Å². The Bertz CT molecular complexity index is 1250. The zero-order valence-corrected chi connectivity index (χ0v) is 20.7. The van der Waals surface area contributed by atoms with Crippen molar-refractivity contribution in [1.82, 2.24) is 15.0 Å². The number of aryl methyl sites for hydroxylation is 1. The van der Waals surface area contributed by atoms with Gasteiger partial charge in [0, 0.05) is 23.2 Å². The lowest BCUT2D eigenvalue weighted by Gasteiger charge is -2.26. The molecule has 11 heteroatoms. The average molecular weight is 520 g/mol. The second-order valence-corrected chi connectivity index (χ2v) is 10.6. The summed E-state index contributed by atoms with van der Waals surface area (Å²) in [6.45, 7) is 3.82. The average Bonchev–Trinajstić information content (AvgIpc) is 3.31. The van der Waals surface area contributed by atoms with E-state index in [1.54, 1.807) is 6.92 Å². The maximum Gasteiger partial charge on any atom is 0.416 e. The number of anilines is 2. The summed E-state index contributed by atoms with van der Waals surface area (Å²) in [5.41, 5.74) is 5.71. The molecule has 36 heavy (non-hydrogen) atoms. The Morgan fingerprint density at radius 2 is 1.97 bits per heavy atom. The van der Waals surface area contributed by atoms with Crippen LogP contribution in [0.5, 0.6) is 5.75 Å². The van der Waals surface area contributed by atoms with Crippen LogP contribution in [0, 0.1) is 12.8 Å². The van der Waals surface area contributed by atoms with Crippen LogP contribution in [0.3, 0.4) is 0 Å². The van der Waals surface area contributed by atoms with Gasteiger partial charge in [0.2, 0.25) is 0 Å². The molecule has 1 aliphatic carbocycles. The predicted octanol–water partition coefficient (Wildman–Crippen LogP) is 5.61. The van der Waals surface area contributed by atoms with Gasteiger partial charge in [-0.25, -0.2) is 15.0 Å². The fourth-order valence-electron chi connectivity index (χ4n) is 4.22. The molecule has 5 rings (SSSR count). The molecule has 0 bridgehead atoms. The second kappa shape index (κ2) is 10.3. The first-order valence-electron chi connectivity index (χ1n) is 12.0. The SMILES string of the molecule is Cc1nc(NCc2cc(C(F)(F)F)cc(N)n2)c2cc(OC[C@H]3CCOC3)c(SC3CCC3)cc2n1. The molecule has 7 nitrogen and oxygen atoms in total. The largest absolute Gasteiger partial charge is 0.492 e. The third-order valence-electron chi connectivity index (χ3n) is 6.38. The van der Waals surface area contributed by atoms with E-state index < -0.39 is 11.7 Å². The molecule has 3 aromatic rings. The predicted molar refractivity (Wildman–Crippen MR) is 133 cm³/mol. The van der Waals surface area contributed by atoms with Gasteiger partial charge in [0.25, 0.3) is 0 Å². The molecule has 1 atom stereocenters. The number of thioether (sulfide) groups is 1. The van der Waals surface area contributed by atoms with Crippen LogP contribution in [0.1, 0.15) is 42.8 Å². The van der Waals surface area contributed by atoms with Gasteiger partial charge in [0.15, 0.2) is 0 Å².